The van der Waals surface area contributed by atoms with Gasteiger partial charge < -0.3 is 19.8 Å². The van der Waals surface area contributed by atoms with Crippen molar-refractivity contribution < 1.29 is 18.7 Å². The molecule has 2 heterocycles. The Labute approximate surface area is 193 Å². The molecule has 0 aliphatic carbocycles. The van der Waals surface area contributed by atoms with Crippen molar-refractivity contribution in [2.24, 2.45) is 5.92 Å². The largest absolute Gasteiger partial charge is 0.482 e. The second kappa shape index (κ2) is 9.90. The summed E-state index contributed by atoms with van der Waals surface area (Å²) < 4.78 is 11.2. The van der Waals surface area contributed by atoms with Crippen LogP contribution in [0.1, 0.15) is 50.3 Å². The van der Waals surface area contributed by atoms with Crippen LogP contribution in [0, 0.1) is 5.92 Å². The number of anilines is 1. The van der Waals surface area contributed by atoms with E-state index in [4.69, 9.17) is 9.15 Å². The number of rotatable bonds is 8. The van der Waals surface area contributed by atoms with E-state index in [-0.39, 0.29) is 30.9 Å². The Bertz CT molecular complexity index is 1130. The van der Waals surface area contributed by atoms with Crippen LogP contribution in [0.3, 0.4) is 0 Å². The number of oxazole rings is 1. The normalized spacial score (nSPS) is 13.8. The zero-order chi connectivity index (χ0) is 23.4. The van der Waals surface area contributed by atoms with Crippen molar-refractivity contribution in [3.63, 3.8) is 0 Å². The molecule has 0 bridgehead atoms. The summed E-state index contributed by atoms with van der Waals surface area (Å²) in [6, 6.07) is 13.6. The van der Waals surface area contributed by atoms with Crippen molar-refractivity contribution in [2.45, 2.75) is 46.1 Å². The van der Waals surface area contributed by atoms with Gasteiger partial charge in [0.25, 0.3) is 5.91 Å². The molecule has 4 rings (SSSR count). The molecular formula is C26H29N3O4. The Morgan fingerprint density at radius 1 is 1.15 bits per heavy atom. The van der Waals surface area contributed by atoms with Crippen molar-refractivity contribution in [2.75, 3.05) is 11.9 Å². The highest BCUT2D eigenvalue weighted by Gasteiger charge is 2.18. The van der Waals surface area contributed by atoms with E-state index in [9.17, 15) is 9.59 Å². The molecule has 3 aromatic rings. The molecule has 7 heteroatoms. The lowest BCUT2D eigenvalue weighted by Gasteiger charge is -2.21. The molecule has 1 atom stereocenters. The summed E-state index contributed by atoms with van der Waals surface area (Å²) in [6.07, 6.45) is 3.43. The van der Waals surface area contributed by atoms with Crippen molar-refractivity contribution in [1.82, 2.24) is 10.3 Å². The second-order valence-electron chi connectivity index (χ2n) is 8.79. The molecule has 0 unspecified atom stereocenters. The predicted octanol–water partition coefficient (Wildman–Crippen LogP) is 4.68. The molecule has 2 amide bonds. The monoisotopic (exact) mass is 447 g/mol. The number of fused-ring (bicyclic) bond motifs is 1. The zero-order valence-corrected chi connectivity index (χ0v) is 19.2. The van der Waals surface area contributed by atoms with E-state index < -0.39 is 0 Å². The van der Waals surface area contributed by atoms with Gasteiger partial charge in [0.15, 0.2) is 18.3 Å². The first-order chi connectivity index (χ1) is 15.9. The Morgan fingerprint density at radius 3 is 2.70 bits per heavy atom. The van der Waals surface area contributed by atoms with E-state index >= 15 is 0 Å². The van der Waals surface area contributed by atoms with Gasteiger partial charge in [0.1, 0.15) is 5.75 Å². The number of carbonyl (C=O) groups excluding carboxylic acids is 2. The third-order valence-corrected chi connectivity index (χ3v) is 5.52. The lowest BCUT2D eigenvalue weighted by atomic mass is 10.0. The number of nitrogens with zero attached hydrogens (tertiary/aromatic N) is 1. The van der Waals surface area contributed by atoms with Gasteiger partial charge in [-0.05, 0) is 42.5 Å². The van der Waals surface area contributed by atoms with Crippen LogP contribution < -0.4 is 15.4 Å². The summed E-state index contributed by atoms with van der Waals surface area (Å²) in [7, 11) is 0. The molecule has 2 aromatic carbocycles. The molecule has 2 N–H and O–H groups in total. The number of hydrogen-bond acceptors (Lipinski definition) is 5. The van der Waals surface area contributed by atoms with Gasteiger partial charge in [0, 0.05) is 18.4 Å². The molecule has 7 nitrogen and oxygen atoms in total. The quantitative estimate of drug-likeness (QED) is 0.523. The number of amides is 2. The van der Waals surface area contributed by atoms with Crippen LogP contribution in [0.5, 0.6) is 5.75 Å². The minimum absolute atomic E-state index is 0.0185. The maximum absolute atomic E-state index is 12.5. The Hall–Kier alpha value is -3.61. The van der Waals surface area contributed by atoms with Gasteiger partial charge in [0.05, 0.1) is 17.9 Å². The summed E-state index contributed by atoms with van der Waals surface area (Å²) in [6.45, 7) is 6.32. The summed E-state index contributed by atoms with van der Waals surface area (Å²) in [4.78, 5) is 28.3. The van der Waals surface area contributed by atoms with E-state index in [1.165, 1.54) is 5.56 Å². The van der Waals surface area contributed by atoms with E-state index in [1.807, 2.05) is 31.2 Å². The lowest BCUT2D eigenvalue weighted by Crippen LogP contribution is -2.28. The minimum atomic E-state index is -0.217. The van der Waals surface area contributed by atoms with Gasteiger partial charge in [-0.1, -0.05) is 44.2 Å². The number of nitrogens with one attached hydrogen (secondary N) is 2. The van der Waals surface area contributed by atoms with E-state index in [0.29, 0.717) is 35.4 Å². The average Bonchev–Trinajstić information content (AvgIpc) is 3.26. The highest BCUT2D eigenvalue weighted by atomic mass is 16.5. The summed E-state index contributed by atoms with van der Waals surface area (Å²) in [5.41, 5.74) is 3.78. The zero-order valence-electron chi connectivity index (χ0n) is 19.2. The van der Waals surface area contributed by atoms with Crippen molar-refractivity contribution in [1.29, 1.82) is 0 Å². The minimum Gasteiger partial charge on any atom is -0.482 e. The standard InChI is InChI=1S/C26H29N3O4/c1-16(2)12-18-4-6-19(7-5-18)23-14-27-26(33-23)11-10-24(30)28-17(3)20-8-9-22-21(13-20)29-25(31)15-32-22/h4-9,13-14,16-17H,10-12,15H2,1-3H3,(H,28,30)(H,29,31)/t17-/m0/s1. The summed E-state index contributed by atoms with van der Waals surface area (Å²) in [5.74, 6) is 2.20. The first-order valence-corrected chi connectivity index (χ1v) is 11.3. The molecule has 0 radical (unpaired) electrons. The van der Waals surface area contributed by atoms with Crippen LogP contribution in [0.15, 0.2) is 53.1 Å². The maximum Gasteiger partial charge on any atom is 0.262 e. The third kappa shape index (κ3) is 5.80. The van der Waals surface area contributed by atoms with Crippen LogP contribution in [0.2, 0.25) is 0 Å². The first-order valence-electron chi connectivity index (χ1n) is 11.3. The van der Waals surface area contributed by atoms with Crippen molar-refractivity contribution >= 4 is 17.5 Å². The van der Waals surface area contributed by atoms with Crippen LogP contribution in [0.4, 0.5) is 5.69 Å². The molecule has 0 spiro atoms. The number of benzene rings is 2. The predicted molar refractivity (Wildman–Crippen MR) is 126 cm³/mol. The molecule has 0 saturated heterocycles. The lowest BCUT2D eigenvalue weighted by molar-refractivity contribution is -0.122. The van der Waals surface area contributed by atoms with Gasteiger partial charge in [-0.2, -0.15) is 0 Å². The van der Waals surface area contributed by atoms with E-state index in [1.54, 1.807) is 12.3 Å². The van der Waals surface area contributed by atoms with E-state index in [2.05, 4.69) is 41.6 Å². The number of ether oxygens (including phenoxy) is 1. The SMILES string of the molecule is CC(C)Cc1ccc(-c2cnc(CCC(=O)N[C@@H](C)c3ccc4c(c3)NC(=O)CO4)o2)cc1. The van der Waals surface area contributed by atoms with Gasteiger partial charge in [-0.15, -0.1) is 0 Å². The molecule has 0 fully saturated rings. The Kier molecular flexibility index (Phi) is 6.77. The number of carbonyl (C=O) groups is 2. The molecule has 0 saturated carbocycles. The average molecular weight is 448 g/mol. The third-order valence-electron chi connectivity index (χ3n) is 5.52. The highest BCUT2D eigenvalue weighted by molar-refractivity contribution is 5.95. The fourth-order valence-corrected chi connectivity index (χ4v) is 3.82. The second-order valence-corrected chi connectivity index (χ2v) is 8.79. The molecule has 172 valence electrons. The van der Waals surface area contributed by atoms with Gasteiger partial charge >= 0.3 is 0 Å². The van der Waals surface area contributed by atoms with Gasteiger partial charge in [0.2, 0.25) is 5.91 Å². The van der Waals surface area contributed by atoms with Crippen LogP contribution in [0.25, 0.3) is 11.3 Å². The van der Waals surface area contributed by atoms with Crippen LogP contribution in [-0.2, 0) is 22.4 Å². The molecular weight excluding hydrogens is 418 g/mol. The Morgan fingerprint density at radius 2 is 1.94 bits per heavy atom. The van der Waals surface area contributed by atoms with Gasteiger partial charge in [-0.25, -0.2) is 4.98 Å². The maximum atomic E-state index is 12.5. The molecule has 1 aliphatic rings. The van der Waals surface area contributed by atoms with Crippen LogP contribution in [-0.4, -0.2) is 23.4 Å². The van der Waals surface area contributed by atoms with E-state index in [0.717, 1.165) is 17.5 Å². The Balaban J connectivity index is 1.30. The number of aryl methyl sites for hydroxylation is 1. The molecule has 1 aliphatic heterocycles. The number of aromatic nitrogens is 1. The smallest absolute Gasteiger partial charge is 0.262 e. The fourth-order valence-electron chi connectivity index (χ4n) is 3.82. The highest BCUT2D eigenvalue weighted by Crippen LogP contribution is 2.30. The molecule has 33 heavy (non-hydrogen) atoms. The first kappa shape index (κ1) is 22.6. The van der Waals surface area contributed by atoms with Crippen molar-refractivity contribution in [3.05, 3.63) is 65.7 Å². The van der Waals surface area contributed by atoms with Crippen molar-refractivity contribution in [3.8, 4) is 17.1 Å². The fraction of sp³-hybridized carbons (Fsp3) is 0.346. The summed E-state index contributed by atoms with van der Waals surface area (Å²) in [5, 5.41) is 5.77. The summed E-state index contributed by atoms with van der Waals surface area (Å²) >= 11 is 0. The van der Waals surface area contributed by atoms with Crippen LogP contribution >= 0.6 is 0 Å². The topological polar surface area (TPSA) is 93.5 Å². The van der Waals surface area contributed by atoms with Gasteiger partial charge in [-0.3, -0.25) is 9.59 Å². The molecule has 1 aromatic heterocycles. The number of hydrogen-bond donors (Lipinski definition) is 2.